The van der Waals surface area contributed by atoms with Crippen LogP contribution >= 0.6 is 11.6 Å². The lowest BCUT2D eigenvalue weighted by Gasteiger charge is -2.33. The zero-order chi connectivity index (χ0) is 13.2. The maximum Gasteiger partial charge on any atom is 0.134 e. The molecule has 19 heavy (non-hydrogen) atoms. The van der Waals surface area contributed by atoms with Crippen molar-refractivity contribution in [2.24, 2.45) is 0 Å². The van der Waals surface area contributed by atoms with Crippen molar-refractivity contribution in [3.63, 3.8) is 0 Å². The molecule has 1 saturated heterocycles. The zero-order valence-electron chi connectivity index (χ0n) is 11.3. The first-order chi connectivity index (χ1) is 9.24. The molecule has 1 aliphatic rings. The number of likely N-dealkylation sites (tertiary alicyclic amines) is 1. The third-order valence-electron chi connectivity index (χ3n) is 4.06. The second-order valence-electron chi connectivity index (χ2n) is 5.45. The predicted molar refractivity (Wildman–Crippen MR) is 80.5 cm³/mol. The van der Waals surface area contributed by atoms with Gasteiger partial charge in [0.05, 0.1) is 5.52 Å². The first-order valence-electron chi connectivity index (χ1n) is 7.02. The molecule has 3 heteroatoms. The summed E-state index contributed by atoms with van der Waals surface area (Å²) < 4.78 is 0. The minimum atomic E-state index is 0.649. The van der Waals surface area contributed by atoms with E-state index in [4.69, 9.17) is 11.6 Å². The number of para-hydroxylation sites is 1. The number of rotatable bonds is 2. The fraction of sp³-hybridized carbons (Fsp3) is 0.438. The Kier molecular flexibility index (Phi) is 3.72. The standard InChI is InChI=1S/C16H19ClN2/c1-12-6-4-5-9-19(12)11-14-10-13-7-2-3-8-15(13)18-16(14)17/h2-3,7-8,10,12H,4-6,9,11H2,1H3. The Hall–Kier alpha value is -1.12. The highest BCUT2D eigenvalue weighted by Gasteiger charge is 2.19. The maximum atomic E-state index is 6.33. The van der Waals surface area contributed by atoms with Gasteiger partial charge in [-0.3, -0.25) is 4.90 Å². The van der Waals surface area contributed by atoms with Gasteiger partial charge in [0.15, 0.2) is 0 Å². The predicted octanol–water partition coefficient (Wildman–Crippen LogP) is 4.26. The number of nitrogens with zero attached hydrogens (tertiary/aromatic N) is 2. The number of hydrogen-bond donors (Lipinski definition) is 0. The summed E-state index contributed by atoms with van der Waals surface area (Å²) in [5.74, 6) is 0. The third-order valence-corrected chi connectivity index (χ3v) is 4.39. The van der Waals surface area contributed by atoms with Crippen LogP contribution < -0.4 is 0 Å². The molecule has 0 bridgehead atoms. The van der Waals surface area contributed by atoms with Crippen molar-refractivity contribution >= 4 is 22.5 Å². The van der Waals surface area contributed by atoms with Crippen LogP contribution in [0.4, 0.5) is 0 Å². The van der Waals surface area contributed by atoms with Crippen molar-refractivity contribution in [2.45, 2.75) is 38.8 Å². The van der Waals surface area contributed by atoms with Crippen LogP contribution in [0.2, 0.25) is 5.15 Å². The van der Waals surface area contributed by atoms with Gasteiger partial charge in [0, 0.05) is 23.5 Å². The molecule has 2 heterocycles. The van der Waals surface area contributed by atoms with E-state index in [2.05, 4.69) is 28.9 Å². The first kappa shape index (κ1) is 12.9. The molecule has 1 aliphatic heterocycles. The number of aromatic nitrogens is 1. The quantitative estimate of drug-likeness (QED) is 0.761. The molecule has 0 amide bonds. The van der Waals surface area contributed by atoms with Gasteiger partial charge < -0.3 is 0 Å². The lowest BCUT2D eigenvalue weighted by atomic mass is 10.0. The van der Waals surface area contributed by atoms with Crippen LogP contribution in [0, 0.1) is 0 Å². The van der Waals surface area contributed by atoms with Crippen LogP contribution in [-0.2, 0) is 6.54 Å². The highest BCUT2D eigenvalue weighted by Crippen LogP contribution is 2.25. The molecule has 2 aromatic rings. The molecule has 0 aliphatic carbocycles. The summed E-state index contributed by atoms with van der Waals surface area (Å²) in [6.07, 6.45) is 3.93. The number of pyridine rings is 1. The van der Waals surface area contributed by atoms with E-state index in [1.807, 2.05) is 18.2 Å². The SMILES string of the molecule is CC1CCCCN1Cc1cc2ccccc2nc1Cl. The van der Waals surface area contributed by atoms with Crippen LogP contribution in [0.15, 0.2) is 30.3 Å². The van der Waals surface area contributed by atoms with Gasteiger partial charge >= 0.3 is 0 Å². The number of fused-ring (bicyclic) bond motifs is 1. The lowest BCUT2D eigenvalue weighted by molar-refractivity contribution is 0.152. The summed E-state index contributed by atoms with van der Waals surface area (Å²) in [4.78, 5) is 7.02. The van der Waals surface area contributed by atoms with E-state index in [-0.39, 0.29) is 0 Å². The van der Waals surface area contributed by atoms with Crippen molar-refractivity contribution in [3.05, 3.63) is 41.0 Å². The highest BCUT2D eigenvalue weighted by molar-refractivity contribution is 6.30. The average molecular weight is 275 g/mol. The number of piperidine rings is 1. The summed E-state index contributed by atoms with van der Waals surface area (Å²) in [5, 5.41) is 1.82. The molecule has 100 valence electrons. The minimum absolute atomic E-state index is 0.649. The Bertz CT molecular complexity index is 582. The number of hydrogen-bond acceptors (Lipinski definition) is 2. The van der Waals surface area contributed by atoms with Crippen LogP contribution in [-0.4, -0.2) is 22.5 Å². The molecule has 1 unspecified atom stereocenters. The van der Waals surface area contributed by atoms with Gasteiger partial charge in [-0.1, -0.05) is 36.2 Å². The van der Waals surface area contributed by atoms with E-state index in [1.54, 1.807) is 0 Å². The molecule has 3 rings (SSSR count). The molecule has 2 nitrogen and oxygen atoms in total. The molecule has 1 aromatic heterocycles. The third kappa shape index (κ3) is 2.75. The second kappa shape index (κ2) is 5.48. The Morgan fingerprint density at radius 2 is 2.16 bits per heavy atom. The zero-order valence-corrected chi connectivity index (χ0v) is 12.0. The fourth-order valence-electron chi connectivity index (χ4n) is 2.86. The van der Waals surface area contributed by atoms with Gasteiger partial charge in [-0.05, 0) is 38.4 Å². The van der Waals surface area contributed by atoms with E-state index in [9.17, 15) is 0 Å². The maximum absolute atomic E-state index is 6.33. The van der Waals surface area contributed by atoms with Gasteiger partial charge in [0.25, 0.3) is 0 Å². The van der Waals surface area contributed by atoms with Gasteiger partial charge in [0.1, 0.15) is 5.15 Å². The van der Waals surface area contributed by atoms with Gasteiger partial charge in [0.2, 0.25) is 0 Å². The van der Waals surface area contributed by atoms with Gasteiger partial charge in [-0.25, -0.2) is 4.98 Å². The van der Waals surface area contributed by atoms with Crippen molar-refractivity contribution < 1.29 is 0 Å². The fourth-order valence-corrected chi connectivity index (χ4v) is 3.06. The molecule has 0 N–H and O–H groups in total. The summed E-state index contributed by atoms with van der Waals surface area (Å²) in [5.41, 5.74) is 2.12. The Labute approximate surface area is 119 Å². The Balaban J connectivity index is 1.89. The van der Waals surface area contributed by atoms with Crippen LogP contribution in [0.5, 0.6) is 0 Å². The van der Waals surface area contributed by atoms with Gasteiger partial charge in [-0.15, -0.1) is 0 Å². The monoisotopic (exact) mass is 274 g/mol. The van der Waals surface area contributed by atoms with Crippen LogP contribution in [0.25, 0.3) is 10.9 Å². The van der Waals surface area contributed by atoms with E-state index >= 15 is 0 Å². The Morgan fingerprint density at radius 3 is 3.00 bits per heavy atom. The van der Waals surface area contributed by atoms with Crippen molar-refractivity contribution in [3.8, 4) is 0 Å². The molecule has 0 radical (unpaired) electrons. The van der Waals surface area contributed by atoms with Crippen molar-refractivity contribution in [1.82, 2.24) is 9.88 Å². The van der Waals surface area contributed by atoms with Crippen LogP contribution in [0.1, 0.15) is 31.7 Å². The topological polar surface area (TPSA) is 16.1 Å². The minimum Gasteiger partial charge on any atom is -0.296 e. The lowest BCUT2D eigenvalue weighted by Crippen LogP contribution is -2.36. The summed E-state index contributed by atoms with van der Waals surface area (Å²) in [6.45, 7) is 4.39. The molecule has 0 saturated carbocycles. The van der Waals surface area contributed by atoms with E-state index in [1.165, 1.54) is 31.2 Å². The average Bonchev–Trinajstić information content (AvgIpc) is 2.42. The van der Waals surface area contributed by atoms with Crippen molar-refractivity contribution in [1.29, 1.82) is 0 Å². The summed E-state index contributed by atoms with van der Waals surface area (Å²) in [6, 6.07) is 11.0. The molecular formula is C16H19ClN2. The van der Waals surface area contributed by atoms with E-state index in [0.717, 1.165) is 17.6 Å². The molecule has 1 fully saturated rings. The normalized spacial score (nSPS) is 20.8. The largest absolute Gasteiger partial charge is 0.296 e. The first-order valence-corrected chi connectivity index (χ1v) is 7.40. The Morgan fingerprint density at radius 1 is 1.32 bits per heavy atom. The summed E-state index contributed by atoms with van der Waals surface area (Å²) >= 11 is 6.33. The molecule has 1 aromatic carbocycles. The van der Waals surface area contributed by atoms with Crippen LogP contribution in [0.3, 0.4) is 0 Å². The molecule has 0 spiro atoms. The molecule has 1 atom stereocenters. The van der Waals surface area contributed by atoms with Gasteiger partial charge in [-0.2, -0.15) is 0 Å². The van der Waals surface area contributed by atoms with E-state index in [0.29, 0.717) is 11.2 Å². The highest BCUT2D eigenvalue weighted by atomic mass is 35.5. The van der Waals surface area contributed by atoms with E-state index < -0.39 is 0 Å². The number of benzene rings is 1. The number of halogens is 1. The smallest absolute Gasteiger partial charge is 0.134 e. The van der Waals surface area contributed by atoms with Crippen molar-refractivity contribution in [2.75, 3.05) is 6.54 Å². The summed E-state index contributed by atoms with van der Waals surface area (Å²) in [7, 11) is 0. The molecular weight excluding hydrogens is 256 g/mol. The second-order valence-corrected chi connectivity index (χ2v) is 5.80.